The first-order valence-electron chi connectivity index (χ1n) is 9.40. The number of rotatable bonds is 10. The van der Waals surface area contributed by atoms with Gasteiger partial charge in [-0.3, -0.25) is 9.59 Å². The van der Waals surface area contributed by atoms with E-state index in [2.05, 4.69) is 11.9 Å². The molecular formula is C23H28N2O3. The Morgan fingerprint density at radius 2 is 1.79 bits per heavy atom. The number of nitrogens with one attached hydrogen (secondary N) is 1. The minimum Gasteiger partial charge on any atom is -0.497 e. The van der Waals surface area contributed by atoms with E-state index in [0.717, 1.165) is 16.9 Å². The van der Waals surface area contributed by atoms with E-state index in [4.69, 9.17) is 4.74 Å². The second-order valence-corrected chi connectivity index (χ2v) is 6.57. The molecule has 2 aromatic carbocycles. The van der Waals surface area contributed by atoms with Crippen molar-refractivity contribution in [2.75, 3.05) is 13.7 Å². The summed E-state index contributed by atoms with van der Waals surface area (Å²) in [4.78, 5) is 27.0. The van der Waals surface area contributed by atoms with Crippen LogP contribution in [0.25, 0.3) is 0 Å². The summed E-state index contributed by atoms with van der Waals surface area (Å²) in [5.74, 6) is 0.505. The predicted molar refractivity (Wildman–Crippen MR) is 111 cm³/mol. The van der Waals surface area contributed by atoms with Gasteiger partial charge in [0.1, 0.15) is 11.8 Å². The fourth-order valence-electron chi connectivity index (χ4n) is 2.87. The van der Waals surface area contributed by atoms with E-state index in [1.807, 2.05) is 54.6 Å². The van der Waals surface area contributed by atoms with Gasteiger partial charge in [0, 0.05) is 19.5 Å². The smallest absolute Gasteiger partial charge is 0.242 e. The molecule has 5 heteroatoms. The Balaban J connectivity index is 2.12. The SMILES string of the molecule is C=CCNC(=O)C(C)N(Cc1ccc(OC)cc1)C(=O)CCc1ccccc1. The van der Waals surface area contributed by atoms with E-state index in [-0.39, 0.29) is 11.8 Å². The molecule has 148 valence electrons. The molecule has 0 aliphatic rings. The molecule has 1 unspecified atom stereocenters. The lowest BCUT2D eigenvalue weighted by atomic mass is 10.1. The summed E-state index contributed by atoms with van der Waals surface area (Å²) < 4.78 is 5.19. The number of nitrogens with zero attached hydrogens (tertiary/aromatic N) is 1. The Morgan fingerprint density at radius 3 is 2.39 bits per heavy atom. The molecule has 0 aliphatic carbocycles. The summed E-state index contributed by atoms with van der Waals surface area (Å²) in [5.41, 5.74) is 2.04. The highest BCUT2D eigenvalue weighted by atomic mass is 16.5. The summed E-state index contributed by atoms with van der Waals surface area (Å²) in [6, 6.07) is 16.8. The molecule has 1 atom stereocenters. The fraction of sp³-hybridized carbons (Fsp3) is 0.304. The number of carbonyl (C=O) groups is 2. The first kappa shape index (κ1) is 21.2. The van der Waals surface area contributed by atoms with Crippen molar-refractivity contribution in [3.8, 4) is 5.75 Å². The maximum Gasteiger partial charge on any atom is 0.242 e. The Labute approximate surface area is 167 Å². The lowest BCUT2D eigenvalue weighted by molar-refractivity contribution is -0.140. The van der Waals surface area contributed by atoms with Crippen LogP contribution in [0, 0.1) is 0 Å². The fourth-order valence-corrected chi connectivity index (χ4v) is 2.87. The zero-order valence-electron chi connectivity index (χ0n) is 16.6. The highest BCUT2D eigenvalue weighted by molar-refractivity contribution is 5.87. The minimum absolute atomic E-state index is 0.0547. The molecule has 0 bridgehead atoms. The van der Waals surface area contributed by atoms with Crippen LogP contribution < -0.4 is 10.1 Å². The molecule has 0 aliphatic heterocycles. The number of carbonyl (C=O) groups excluding carboxylic acids is 2. The molecule has 0 radical (unpaired) electrons. The first-order chi connectivity index (χ1) is 13.5. The average molecular weight is 380 g/mol. The van der Waals surface area contributed by atoms with Gasteiger partial charge in [0.25, 0.3) is 0 Å². The topological polar surface area (TPSA) is 58.6 Å². The standard InChI is InChI=1S/C23H28N2O3/c1-4-16-24-23(27)18(2)25(17-20-10-13-21(28-3)14-11-20)22(26)15-12-19-8-6-5-7-9-19/h4-11,13-14,18H,1,12,15-17H2,2-3H3,(H,24,27). The van der Waals surface area contributed by atoms with E-state index in [1.165, 1.54) is 0 Å². The molecule has 2 amide bonds. The van der Waals surface area contributed by atoms with Crippen molar-refractivity contribution in [3.63, 3.8) is 0 Å². The Kier molecular flexibility index (Phi) is 8.28. The first-order valence-corrected chi connectivity index (χ1v) is 9.40. The average Bonchev–Trinajstić information content (AvgIpc) is 2.74. The molecule has 28 heavy (non-hydrogen) atoms. The molecule has 0 spiro atoms. The van der Waals surface area contributed by atoms with Crippen LogP contribution in [-0.2, 0) is 22.6 Å². The quantitative estimate of drug-likeness (QED) is 0.643. The maximum atomic E-state index is 13.0. The van der Waals surface area contributed by atoms with Gasteiger partial charge in [-0.25, -0.2) is 0 Å². The van der Waals surface area contributed by atoms with Gasteiger partial charge >= 0.3 is 0 Å². The molecule has 0 fully saturated rings. The van der Waals surface area contributed by atoms with Crippen LogP contribution in [0.5, 0.6) is 5.75 Å². The van der Waals surface area contributed by atoms with E-state index in [1.54, 1.807) is 25.0 Å². The summed E-state index contributed by atoms with van der Waals surface area (Å²) in [6.07, 6.45) is 2.61. The van der Waals surface area contributed by atoms with Crippen LogP contribution in [0.2, 0.25) is 0 Å². The third kappa shape index (κ3) is 6.27. The van der Waals surface area contributed by atoms with Gasteiger partial charge in [-0.1, -0.05) is 48.5 Å². The second-order valence-electron chi connectivity index (χ2n) is 6.57. The van der Waals surface area contributed by atoms with Crippen molar-refractivity contribution >= 4 is 11.8 Å². The van der Waals surface area contributed by atoms with Gasteiger partial charge < -0.3 is 15.0 Å². The van der Waals surface area contributed by atoms with Crippen molar-refractivity contribution in [2.24, 2.45) is 0 Å². The Hall–Kier alpha value is -3.08. The number of ether oxygens (including phenoxy) is 1. The van der Waals surface area contributed by atoms with Gasteiger partial charge in [-0.2, -0.15) is 0 Å². The molecule has 1 N–H and O–H groups in total. The zero-order chi connectivity index (χ0) is 20.4. The normalized spacial score (nSPS) is 11.4. The van der Waals surface area contributed by atoms with Gasteiger partial charge in [0.15, 0.2) is 0 Å². The molecule has 0 heterocycles. The summed E-state index contributed by atoms with van der Waals surface area (Å²) >= 11 is 0. The van der Waals surface area contributed by atoms with Crippen LogP contribution in [0.1, 0.15) is 24.5 Å². The van der Waals surface area contributed by atoms with E-state index < -0.39 is 6.04 Å². The van der Waals surface area contributed by atoms with E-state index in [0.29, 0.717) is 25.9 Å². The van der Waals surface area contributed by atoms with Gasteiger partial charge in [0.05, 0.1) is 7.11 Å². The van der Waals surface area contributed by atoms with Gasteiger partial charge in [-0.15, -0.1) is 6.58 Å². The van der Waals surface area contributed by atoms with Crippen LogP contribution >= 0.6 is 0 Å². The largest absolute Gasteiger partial charge is 0.497 e. The Morgan fingerprint density at radius 1 is 1.11 bits per heavy atom. The second kappa shape index (κ2) is 10.9. The van der Waals surface area contributed by atoms with Crippen molar-refractivity contribution in [1.82, 2.24) is 10.2 Å². The highest BCUT2D eigenvalue weighted by Gasteiger charge is 2.25. The number of amides is 2. The third-order valence-electron chi connectivity index (χ3n) is 4.57. The van der Waals surface area contributed by atoms with Gasteiger partial charge in [0.2, 0.25) is 11.8 Å². The van der Waals surface area contributed by atoms with Crippen LogP contribution in [0.15, 0.2) is 67.3 Å². The number of benzene rings is 2. The third-order valence-corrected chi connectivity index (χ3v) is 4.57. The number of hydrogen-bond acceptors (Lipinski definition) is 3. The molecule has 0 saturated carbocycles. The van der Waals surface area contributed by atoms with Crippen molar-refractivity contribution in [3.05, 3.63) is 78.4 Å². The lowest BCUT2D eigenvalue weighted by Gasteiger charge is -2.29. The Bertz CT molecular complexity index is 772. The molecule has 2 aromatic rings. The summed E-state index contributed by atoms with van der Waals surface area (Å²) in [5, 5.41) is 2.77. The van der Waals surface area contributed by atoms with Crippen LogP contribution in [0.4, 0.5) is 0 Å². The van der Waals surface area contributed by atoms with E-state index in [9.17, 15) is 9.59 Å². The summed E-state index contributed by atoms with van der Waals surface area (Å²) in [6.45, 7) is 6.10. The maximum absolute atomic E-state index is 13.0. The predicted octanol–water partition coefficient (Wildman–Crippen LogP) is 3.35. The molecule has 2 rings (SSSR count). The number of aryl methyl sites for hydroxylation is 1. The van der Waals surface area contributed by atoms with Crippen molar-refractivity contribution in [1.29, 1.82) is 0 Å². The van der Waals surface area contributed by atoms with Crippen molar-refractivity contribution < 1.29 is 14.3 Å². The van der Waals surface area contributed by atoms with Crippen LogP contribution in [-0.4, -0.2) is 36.4 Å². The number of methoxy groups -OCH3 is 1. The van der Waals surface area contributed by atoms with Crippen molar-refractivity contribution in [2.45, 2.75) is 32.4 Å². The highest BCUT2D eigenvalue weighted by Crippen LogP contribution is 2.16. The lowest BCUT2D eigenvalue weighted by Crippen LogP contribution is -2.47. The molecule has 0 aromatic heterocycles. The van der Waals surface area contributed by atoms with Gasteiger partial charge in [-0.05, 0) is 36.6 Å². The van der Waals surface area contributed by atoms with E-state index >= 15 is 0 Å². The molecule has 5 nitrogen and oxygen atoms in total. The zero-order valence-corrected chi connectivity index (χ0v) is 16.6. The minimum atomic E-state index is -0.578. The monoisotopic (exact) mass is 380 g/mol. The van der Waals surface area contributed by atoms with Crippen LogP contribution in [0.3, 0.4) is 0 Å². The molecule has 0 saturated heterocycles. The number of hydrogen-bond donors (Lipinski definition) is 1. The molecular weight excluding hydrogens is 352 g/mol. The summed E-state index contributed by atoms with van der Waals surface area (Å²) in [7, 11) is 1.61.